The highest BCUT2D eigenvalue weighted by molar-refractivity contribution is 6.04. The second kappa shape index (κ2) is 8.26. The first-order valence-electron chi connectivity index (χ1n) is 8.14. The Morgan fingerprint density at radius 2 is 1.61 bits per heavy atom. The number of hydrogen-bond donors (Lipinski definition) is 2. The Morgan fingerprint density at radius 1 is 0.893 bits per heavy atom. The van der Waals surface area contributed by atoms with Gasteiger partial charge in [0.05, 0.1) is 12.7 Å². The second-order valence-electron chi connectivity index (χ2n) is 5.71. The molecule has 8 heteroatoms. The highest BCUT2D eigenvalue weighted by Gasteiger charge is 2.10. The van der Waals surface area contributed by atoms with E-state index in [-0.39, 0.29) is 0 Å². The molecule has 0 bridgehead atoms. The molecule has 0 fully saturated rings. The topological polar surface area (TPSA) is 80.3 Å². The van der Waals surface area contributed by atoms with Crippen LogP contribution in [0.5, 0.6) is 0 Å². The first kappa shape index (κ1) is 19.0. The fourth-order valence-electron chi connectivity index (χ4n) is 2.37. The first-order valence-corrected chi connectivity index (χ1v) is 8.14. The Balaban J connectivity index is 1.71. The standard InChI is InChI=1S/C20H15F2N3O3/c1-28-20(27)12-2-4-14(5-3-12)25-19(26)13-8-9-23-18(10-13)24-15-6-7-16(21)17(22)11-15/h2-11H,1H3,(H,23,24)(H,25,26). The Labute approximate surface area is 159 Å². The summed E-state index contributed by atoms with van der Waals surface area (Å²) in [5, 5.41) is 5.50. The number of nitrogens with one attached hydrogen (secondary N) is 2. The van der Waals surface area contributed by atoms with E-state index in [0.717, 1.165) is 12.1 Å². The minimum Gasteiger partial charge on any atom is -0.465 e. The van der Waals surface area contributed by atoms with Crippen molar-refractivity contribution >= 4 is 29.1 Å². The zero-order valence-corrected chi connectivity index (χ0v) is 14.7. The average molecular weight is 383 g/mol. The molecule has 2 N–H and O–H groups in total. The molecule has 0 unspecified atom stereocenters. The summed E-state index contributed by atoms with van der Waals surface area (Å²) in [7, 11) is 1.29. The lowest BCUT2D eigenvalue weighted by Crippen LogP contribution is -2.12. The summed E-state index contributed by atoms with van der Waals surface area (Å²) in [6, 6.07) is 12.5. The molecule has 0 aliphatic carbocycles. The third-order valence-corrected chi connectivity index (χ3v) is 3.78. The molecular weight excluding hydrogens is 368 g/mol. The minimum atomic E-state index is -0.991. The molecule has 0 atom stereocenters. The number of esters is 1. The van der Waals surface area contributed by atoms with Crippen LogP contribution >= 0.6 is 0 Å². The normalized spacial score (nSPS) is 10.2. The molecule has 142 valence electrons. The molecule has 6 nitrogen and oxygen atoms in total. The number of aromatic nitrogens is 1. The molecule has 0 saturated carbocycles. The van der Waals surface area contributed by atoms with Crippen molar-refractivity contribution in [2.24, 2.45) is 0 Å². The van der Waals surface area contributed by atoms with Crippen molar-refractivity contribution in [1.82, 2.24) is 4.98 Å². The van der Waals surface area contributed by atoms with Gasteiger partial charge in [0.1, 0.15) is 5.82 Å². The number of rotatable bonds is 5. The van der Waals surface area contributed by atoms with Gasteiger partial charge in [0.2, 0.25) is 0 Å². The SMILES string of the molecule is COC(=O)c1ccc(NC(=O)c2ccnc(Nc3ccc(F)c(F)c3)c2)cc1. The predicted molar refractivity (Wildman–Crippen MR) is 99.6 cm³/mol. The Hall–Kier alpha value is -3.81. The van der Waals surface area contributed by atoms with E-state index in [1.165, 1.54) is 43.6 Å². The third-order valence-electron chi connectivity index (χ3n) is 3.78. The first-order chi connectivity index (χ1) is 13.5. The van der Waals surface area contributed by atoms with Crippen LogP contribution in [0, 0.1) is 11.6 Å². The van der Waals surface area contributed by atoms with Crippen LogP contribution in [0.3, 0.4) is 0 Å². The van der Waals surface area contributed by atoms with Crippen LogP contribution in [0.2, 0.25) is 0 Å². The smallest absolute Gasteiger partial charge is 0.337 e. The maximum atomic E-state index is 13.3. The van der Waals surface area contributed by atoms with Crippen molar-refractivity contribution in [3.8, 4) is 0 Å². The van der Waals surface area contributed by atoms with Gasteiger partial charge in [-0.15, -0.1) is 0 Å². The quantitative estimate of drug-likeness (QED) is 0.647. The van der Waals surface area contributed by atoms with E-state index in [1.807, 2.05) is 0 Å². The van der Waals surface area contributed by atoms with Crippen molar-refractivity contribution in [1.29, 1.82) is 0 Å². The van der Waals surface area contributed by atoms with Crippen molar-refractivity contribution in [2.75, 3.05) is 17.7 Å². The Morgan fingerprint density at radius 3 is 2.29 bits per heavy atom. The maximum absolute atomic E-state index is 13.3. The van der Waals surface area contributed by atoms with E-state index in [2.05, 4.69) is 20.4 Å². The van der Waals surface area contributed by atoms with Gasteiger partial charge in [-0.2, -0.15) is 0 Å². The fraction of sp³-hybridized carbons (Fsp3) is 0.0500. The Kier molecular flexibility index (Phi) is 5.59. The molecule has 3 rings (SSSR count). The van der Waals surface area contributed by atoms with Crippen LogP contribution in [-0.2, 0) is 4.74 Å². The zero-order chi connectivity index (χ0) is 20.1. The van der Waals surface area contributed by atoms with Gasteiger partial charge in [-0.3, -0.25) is 4.79 Å². The van der Waals surface area contributed by atoms with Gasteiger partial charge in [0.25, 0.3) is 5.91 Å². The largest absolute Gasteiger partial charge is 0.465 e. The molecule has 0 aliphatic rings. The molecule has 1 amide bonds. The number of methoxy groups -OCH3 is 1. The number of benzene rings is 2. The summed E-state index contributed by atoms with van der Waals surface area (Å²) in [5.41, 5.74) is 1.45. The number of amides is 1. The molecule has 0 spiro atoms. The number of hydrogen-bond acceptors (Lipinski definition) is 5. The van der Waals surface area contributed by atoms with Crippen molar-refractivity contribution in [3.05, 3.63) is 83.6 Å². The maximum Gasteiger partial charge on any atom is 0.337 e. The highest BCUT2D eigenvalue weighted by atomic mass is 19.2. The summed E-state index contributed by atoms with van der Waals surface area (Å²) >= 11 is 0. The summed E-state index contributed by atoms with van der Waals surface area (Å²) in [6.07, 6.45) is 1.41. The van der Waals surface area contributed by atoms with Crippen LogP contribution in [0.1, 0.15) is 20.7 Å². The summed E-state index contributed by atoms with van der Waals surface area (Å²) in [6.45, 7) is 0. The fourth-order valence-corrected chi connectivity index (χ4v) is 2.37. The molecule has 1 aromatic heterocycles. The van der Waals surface area contributed by atoms with Gasteiger partial charge in [-0.1, -0.05) is 0 Å². The van der Waals surface area contributed by atoms with Crippen molar-refractivity contribution in [2.45, 2.75) is 0 Å². The van der Waals surface area contributed by atoms with Gasteiger partial charge in [0.15, 0.2) is 11.6 Å². The lowest BCUT2D eigenvalue weighted by atomic mass is 10.2. The number of nitrogens with zero attached hydrogens (tertiary/aromatic N) is 1. The van der Waals surface area contributed by atoms with E-state index in [4.69, 9.17) is 0 Å². The Bertz CT molecular complexity index is 1020. The minimum absolute atomic E-state index is 0.291. The molecule has 0 radical (unpaired) electrons. The number of halogens is 2. The lowest BCUT2D eigenvalue weighted by molar-refractivity contribution is 0.0600. The monoisotopic (exact) mass is 383 g/mol. The van der Waals surface area contributed by atoms with Gasteiger partial charge >= 0.3 is 5.97 Å². The molecule has 1 heterocycles. The number of carbonyl (C=O) groups is 2. The third kappa shape index (κ3) is 4.47. The second-order valence-corrected chi connectivity index (χ2v) is 5.71. The zero-order valence-electron chi connectivity index (χ0n) is 14.7. The predicted octanol–water partition coefficient (Wildman–Crippen LogP) is 4.14. The molecule has 3 aromatic rings. The molecule has 0 aliphatic heterocycles. The van der Waals surface area contributed by atoms with Crippen LogP contribution in [0.15, 0.2) is 60.8 Å². The lowest BCUT2D eigenvalue weighted by Gasteiger charge is -2.09. The molecule has 0 saturated heterocycles. The summed E-state index contributed by atoms with van der Waals surface area (Å²) < 4.78 is 30.9. The van der Waals surface area contributed by atoms with Crippen molar-refractivity contribution in [3.63, 3.8) is 0 Å². The van der Waals surface area contributed by atoms with Crippen LogP contribution in [-0.4, -0.2) is 24.0 Å². The van der Waals surface area contributed by atoms with Gasteiger partial charge in [0, 0.05) is 29.2 Å². The number of pyridine rings is 1. The van der Waals surface area contributed by atoms with Crippen molar-refractivity contribution < 1.29 is 23.1 Å². The molecular formula is C20H15F2N3O3. The van der Waals surface area contributed by atoms with E-state index < -0.39 is 23.5 Å². The molecule has 2 aromatic carbocycles. The number of carbonyl (C=O) groups excluding carboxylic acids is 2. The average Bonchev–Trinajstić information content (AvgIpc) is 2.71. The van der Waals surface area contributed by atoms with Crippen LogP contribution < -0.4 is 10.6 Å². The van der Waals surface area contributed by atoms with Gasteiger partial charge < -0.3 is 15.4 Å². The van der Waals surface area contributed by atoms with E-state index in [9.17, 15) is 18.4 Å². The van der Waals surface area contributed by atoms with E-state index >= 15 is 0 Å². The summed E-state index contributed by atoms with van der Waals surface area (Å²) in [4.78, 5) is 27.9. The van der Waals surface area contributed by atoms with Gasteiger partial charge in [-0.05, 0) is 48.5 Å². The number of anilines is 3. The summed E-state index contributed by atoms with van der Waals surface area (Å²) in [5.74, 6) is -2.53. The number of ether oxygens (including phenoxy) is 1. The highest BCUT2D eigenvalue weighted by Crippen LogP contribution is 2.19. The van der Waals surface area contributed by atoms with E-state index in [1.54, 1.807) is 12.1 Å². The van der Waals surface area contributed by atoms with Gasteiger partial charge in [-0.25, -0.2) is 18.6 Å². The molecule has 28 heavy (non-hydrogen) atoms. The van der Waals surface area contributed by atoms with E-state index in [0.29, 0.717) is 28.3 Å². The van der Waals surface area contributed by atoms with Crippen LogP contribution in [0.25, 0.3) is 0 Å². The van der Waals surface area contributed by atoms with Crippen LogP contribution in [0.4, 0.5) is 26.0 Å².